The Bertz CT molecular complexity index is 526. The molecule has 1 atom stereocenters. The minimum atomic E-state index is -0.491. The normalized spacial score (nSPS) is 11.6. The number of rotatable bonds is 8. The molecule has 122 valence electrons. The lowest BCUT2D eigenvalue weighted by Crippen LogP contribution is -2.35. The second kappa shape index (κ2) is 8.81. The summed E-state index contributed by atoms with van der Waals surface area (Å²) in [4.78, 5) is 41.2. The number of hydrogen-bond donors (Lipinski definition) is 4. The lowest BCUT2D eigenvalue weighted by Gasteiger charge is -2.08. The molecule has 0 radical (unpaired) electrons. The minimum absolute atomic E-state index is 0.0780. The van der Waals surface area contributed by atoms with Gasteiger partial charge in [0.2, 0.25) is 5.91 Å². The van der Waals surface area contributed by atoms with Crippen molar-refractivity contribution >= 4 is 17.7 Å². The van der Waals surface area contributed by atoms with E-state index in [0.717, 1.165) is 12.8 Å². The van der Waals surface area contributed by atoms with E-state index in [-0.39, 0.29) is 29.9 Å². The van der Waals surface area contributed by atoms with Gasteiger partial charge in [-0.2, -0.15) is 0 Å². The molecule has 0 fully saturated rings. The number of carbonyl (C=O) groups excluding carboxylic acids is 3. The molecule has 0 bridgehead atoms. The Balaban J connectivity index is 2.47. The van der Waals surface area contributed by atoms with E-state index in [2.05, 4.69) is 39.8 Å². The zero-order chi connectivity index (χ0) is 16.5. The van der Waals surface area contributed by atoms with Crippen molar-refractivity contribution in [2.75, 3.05) is 20.1 Å². The van der Waals surface area contributed by atoms with Crippen LogP contribution >= 0.6 is 0 Å². The highest BCUT2D eigenvalue weighted by Crippen LogP contribution is 2.04. The fraction of sp³-hybridized carbons (Fsp3) is 0.571. The summed E-state index contributed by atoms with van der Waals surface area (Å²) in [7, 11) is 1.48. The number of amides is 3. The Labute approximate surface area is 129 Å². The summed E-state index contributed by atoms with van der Waals surface area (Å²) in [5.41, 5.74) is 0.135. The molecule has 1 aromatic rings. The molecule has 1 unspecified atom stereocenters. The first-order valence-electron chi connectivity index (χ1n) is 7.29. The predicted octanol–water partition coefficient (Wildman–Crippen LogP) is 0.0515. The Hall–Kier alpha value is -2.38. The SMILES string of the molecule is CCC(C)CCNC(=O)c1ncc(C(=O)NCC(=O)NC)[nH]1. The smallest absolute Gasteiger partial charge is 0.287 e. The van der Waals surface area contributed by atoms with Gasteiger partial charge in [0.05, 0.1) is 12.7 Å². The Kier molecular flexibility index (Phi) is 7.07. The lowest BCUT2D eigenvalue weighted by atomic mass is 10.1. The fourth-order valence-corrected chi connectivity index (χ4v) is 1.62. The van der Waals surface area contributed by atoms with Crippen molar-refractivity contribution in [1.29, 1.82) is 0 Å². The van der Waals surface area contributed by atoms with E-state index in [4.69, 9.17) is 0 Å². The van der Waals surface area contributed by atoms with Crippen molar-refractivity contribution in [3.05, 3.63) is 17.7 Å². The summed E-state index contributed by atoms with van der Waals surface area (Å²) in [5, 5.41) is 7.55. The molecular weight excluding hydrogens is 286 g/mol. The highest BCUT2D eigenvalue weighted by Gasteiger charge is 2.14. The monoisotopic (exact) mass is 309 g/mol. The van der Waals surface area contributed by atoms with Crippen molar-refractivity contribution in [2.45, 2.75) is 26.7 Å². The molecule has 1 heterocycles. The third kappa shape index (κ3) is 5.55. The topological polar surface area (TPSA) is 116 Å². The summed E-state index contributed by atoms with van der Waals surface area (Å²) in [6, 6.07) is 0. The molecule has 0 aliphatic carbocycles. The van der Waals surface area contributed by atoms with Gasteiger partial charge in [0.15, 0.2) is 5.82 Å². The van der Waals surface area contributed by atoms with Crippen molar-refractivity contribution in [3.63, 3.8) is 0 Å². The van der Waals surface area contributed by atoms with Crippen LogP contribution in [0.2, 0.25) is 0 Å². The van der Waals surface area contributed by atoms with Gasteiger partial charge in [0, 0.05) is 13.6 Å². The Morgan fingerprint density at radius 2 is 2.00 bits per heavy atom. The van der Waals surface area contributed by atoms with Gasteiger partial charge in [-0.15, -0.1) is 0 Å². The Morgan fingerprint density at radius 3 is 2.64 bits per heavy atom. The molecule has 0 spiro atoms. The van der Waals surface area contributed by atoms with Crippen LogP contribution in [0.1, 0.15) is 47.8 Å². The predicted molar refractivity (Wildman–Crippen MR) is 81.4 cm³/mol. The van der Waals surface area contributed by atoms with Crippen LogP contribution in [0.3, 0.4) is 0 Å². The number of aromatic amines is 1. The zero-order valence-corrected chi connectivity index (χ0v) is 13.2. The summed E-state index contributed by atoms with van der Waals surface area (Å²) in [5.74, 6) is -0.531. The second-order valence-electron chi connectivity index (χ2n) is 5.06. The number of hydrogen-bond acceptors (Lipinski definition) is 4. The van der Waals surface area contributed by atoms with Crippen LogP contribution in [0.15, 0.2) is 6.20 Å². The van der Waals surface area contributed by atoms with E-state index >= 15 is 0 Å². The first kappa shape index (κ1) is 17.7. The van der Waals surface area contributed by atoms with Crippen LogP contribution in [0, 0.1) is 5.92 Å². The highest BCUT2D eigenvalue weighted by atomic mass is 16.2. The van der Waals surface area contributed by atoms with Crippen LogP contribution in [-0.4, -0.2) is 47.8 Å². The van der Waals surface area contributed by atoms with Gasteiger partial charge < -0.3 is 20.9 Å². The number of H-pyrrole nitrogens is 1. The average Bonchev–Trinajstić information content (AvgIpc) is 3.01. The van der Waals surface area contributed by atoms with E-state index < -0.39 is 5.91 Å². The molecular formula is C14H23N5O3. The quantitative estimate of drug-likeness (QED) is 0.543. The molecule has 0 aliphatic heterocycles. The van der Waals surface area contributed by atoms with Crippen LogP contribution in [0.5, 0.6) is 0 Å². The van der Waals surface area contributed by atoms with Gasteiger partial charge in [0.25, 0.3) is 11.8 Å². The van der Waals surface area contributed by atoms with Gasteiger partial charge in [-0.25, -0.2) is 4.98 Å². The molecule has 1 aromatic heterocycles. The van der Waals surface area contributed by atoms with Gasteiger partial charge in [-0.3, -0.25) is 14.4 Å². The first-order chi connectivity index (χ1) is 10.5. The van der Waals surface area contributed by atoms with Crippen LogP contribution in [0.25, 0.3) is 0 Å². The first-order valence-corrected chi connectivity index (χ1v) is 7.29. The zero-order valence-electron chi connectivity index (χ0n) is 13.2. The van der Waals surface area contributed by atoms with E-state index in [1.807, 2.05) is 0 Å². The molecule has 4 N–H and O–H groups in total. The second-order valence-corrected chi connectivity index (χ2v) is 5.06. The maximum Gasteiger partial charge on any atom is 0.287 e. The van der Waals surface area contributed by atoms with E-state index in [9.17, 15) is 14.4 Å². The number of nitrogens with one attached hydrogen (secondary N) is 4. The van der Waals surface area contributed by atoms with Crippen LogP contribution in [0.4, 0.5) is 0 Å². The van der Waals surface area contributed by atoms with E-state index in [1.165, 1.54) is 13.2 Å². The molecule has 1 rings (SSSR count). The third-order valence-corrected chi connectivity index (χ3v) is 3.34. The molecule has 22 heavy (non-hydrogen) atoms. The fourth-order valence-electron chi connectivity index (χ4n) is 1.62. The number of aromatic nitrogens is 2. The molecule has 3 amide bonds. The van der Waals surface area contributed by atoms with Gasteiger partial charge in [0.1, 0.15) is 5.69 Å². The molecule has 8 nitrogen and oxygen atoms in total. The summed E-state index contributed by atoms with van der Waals surface area (Å²) < 4.78 is 0. The minimum Gasteiger partial charge on any atom is -0.358 e. The van der Waals surface area contributed by atoms with Gasteiger partial charge in [-0.05, 0) is 12.3 Å². The molecule has 0 aliphatic rings. The highest BCUT2D eigenvalue weighted by molar-refractivity contribution is 5.97. The van der Waals surface area contributed by atoms with Crippen molar-refractivity contribution in [3.8, 4) is 0 Å². The summed E-state index contributed by atoms with van der Waals surface area (Å²) in [6.07, 6.45) is 3.22. The number of nitrogens with zero attached hydrogens (tertiary/aromatic N) is 1. The number of imidazole rings is 1. The van der Waals surface area contributed by atoms with Gasteiger partial charge in [-0.1, -0.05) is 20.3 Å². The van der Waals surface area contributed by atoms with Crippen LogP contribution < -0.4 is 16.0 Å². The largest absolute Gasteiger partial charge is 0.358 e. The van der Waals surface area contributed by atoms with E-state index in [0.29, 0.717) is 12.5 Å². The molecule has 0 saturated heterocycles. The van der Waals surface area contributed by atoms with E-state index in [1.54, 1.807) is 0 Å². The molecule has 0 saturated carbocycles. The van der Waals surface area contributed by atoms with Crippen LogP contribution in [-0.2, 0) is 4.79 Å². The average molecular weight is 309 g/mol. The maximum absolute atomic E-state index is 11.9. The number of likely N-dealkylation sites (N-methyl/N-ethyl adjacent to an activating group) is 1. The summed E-state index contributed by atoms with van der Waals surface area (Å²) >= 11 is 0. The summed E-state index contributed by atoms with van der Waals surface area (Å²) in [6.45, 7) is 4.65. The van der Waals surface area contributed by atoms with Crippen molar-refractivity contribution < 1.29 is 14.4 Å². The van der Waals surface area contributed by atoms with Crippen molar-refractivity contribution in [1.82, 2.24) is 25.9 Å². The lowest BCUT2D eigenvalue weighted by molar-refractivity contribution is -0.119. The molecule has 8 heteroatoms. The standard InChI is InChI=1S/C14H23N5O3/c1-4-9(2)5-6-16-14(22)12-17-7-10(19-12)13(21)18-8-11(20)15-3/h7,9H,4-6,8H2,1-3H3,(H,15,20)(H,16,22)(H,17,19)(H,18,21). The Morgan fingerprint density at radius 1 is 1.27 bits per heavy atom. The van der Waals surface area contributed by atoms with Crippen molar-refractivity contribution in [2.24, 2.45) is 5.92 Å². The third-order valence-electron chi connectivity index (χ3n) is 3.34. The van der Waals surface area contributed by atoms with Gasteiger partial charge >= 0.3 is 0 Å². The molecule has 0 aromatic carbocycles. The maximum atomic E-state index is 11.9. The number of carbonyl (C=O) groups is 3.